The number of allylic oxidation sites excluding steroid dienone is 5. The van der Waals surface area contributed by atoms with Crippen molar-refractivity contribution in [2.45, 2.75) is 41.0 Å². The molecule has 0 aromatic heterocycles. The lowest BCUT2D eigenvalue weighted by atomic mass is 9.97. The van der Waals surface area contributed by atoms with Crippen LogP contribution in [0.25, 0.3) is 0 Å². The van der Waals surface area contributed by atoms with E-state index in [9.17, 15) is 0 Å². The van der Waals surface area contributed by atoms with Crippen LogP contribution in [0.2, 0.25) is 0 Å². The number of aryl methyl sites for hydroxylation is 2. The molecule has 0 unspecified atom stereocenters. The first-order valence-electron chi connectivity index (χ1n) is 6.49. The fraction of sp³-hybridized carbons (Fsp3) is 0.333. The van der Waals surface area contributed by atoms with Gasteiger partial charge in [0.25, 0.3) is 0 Å². The first kappa shape index (κ1) is 14.5. The number of benzene rings is 1. The lowest BCUT2D eigenvalue weighted by Gasteiger charge is -2.09. The molecule has 1 aromatic carbocycles. The van der Waals surface area contributed by atoms with E-state index >= 15 is 0 Å². The van der Waals surface area contributed by atoms with Gasteiger partial charge in [-0.05, 0) is 68.9 Å². The minimum Gasteiger partial charge on any atom is -0.0952 e. The zero-order chi connectivity index (χ0) is 13.7. The average molecular weight is 240 g/mol. The number of hydrogen-bond donors (Lipinski definition) is 0. The van der Waals surface area contributed by atoms with Gasteiger partial charge in [-0.2, -0.15) is 0 Å². The third kappa shape index (κ3) is 4.03. The topological polar surface area (TPSA) is 0 Å². The van der Waals surface area contributed by atoms with Gasteiger partial charge in [-0.3, -0.25) is 0 Å². The average Bonchev–Trinajstić information content (AvgIpc) is 2.33. The summed E-state index contributed by atoms with van der Waals surface area (Å²) in [5.74, 6) is 0. The normalized spacial score (nSPS) is 12.7. The lowest BCUT2D eigenvalue weighted by Crippen LogP contribution is -1.93. The van der Waals surface area contributed by atoms with Crippen LogP contribution in [0.4, 0.5) is 0 Å². The van der Waals surface area contributed by atoms with Crippen LogP contribution in [0.1, 0.15) is 37.5 Å². The Bertz CT molecular complexity index is 499. The molecule has 0 spiro atoms. The highest BCUT2D eigenvalue weighted by Gasteiger charge is 2.01. The van der Waals surface area contributed by atoms with Crippen LogP contribution >= 0.6 is 0 Å². The second-order valence-electron chi connectivity index (χ2n) is 5.06. The van der Waals surface area contributed by atoms with Crippen LogP contribution in [0, 0.1) is 13.8 Å². The largest absolute Gasteiger partial charge is 0.0952 e. The quantitative estimate of drug-likeness (QED) is 0.625. The summed E-state index contributed by atoms with van der Waals surface area (Å²) in [5, 5.41) is 0. The summed E-state index contributed by atoms with van der Waals surface area (Å²) in [6.45, 7) is 14.8. The molecule has 0 aliphatic rings. The van der Waals surface area contributed by atoms with E-state index in [-0.39, 0.29) is 0 Å². The zero-order valence-corrected chi connectivity index (χ0v) is 12.3. The van der Waals surface area contributed by atoms with Crippen molar-refractivity contribution in [1.82, 2.24) is 0 Å². The van der Waals surface area contributed by atoms with Crippen molar-refractivity contribution in [3.63, 3.8) is 0 Å². The molecule has 0 heterocycles. The summed E-state index contributed by atoms with van der Waals surface area (Å²) in [4.78, 5) is 0. The molecule has 0 fully saturated rings. The highest BCUT2D eigenvalue weighted by atomic mass is 14.1. The van der Waals surface area contributed by atoms with E-state index in [0.717, 1.165) is 6.42 Å². The molecule has 0 radical (unpaired) electrons. The summed E-state index contributed by atoms with van der Waals surface area (Å²) in [5.41, 5.74) is 7.79. The van der Waals surface area contributed by atoms with E-state index in [4.69, 9.17) is 0 Å². The van der Waals surface area contributed by atoms with Crippen LogP contribution in [-0.4, -0.2) is 0 Å². The zero-order valence-electron chi connectivity index (χ0n) is 12.3. The van der Waals surface area contributed by atoms with E-state index in [1.807, 2.05) is 0 Å². The summed E-state index contributed by atoms with van der Waals surface area (Å²) in [6.07, 6.45) is 5.25. The molecule has 0 saturated heterocycles. The minimum atomic E-state index is 0.931. The second kappa shape index (κ2) is 6.39. The molecule has 96 valence electrons. The van der Waals surface area contributed by atoms with Crippen LogP contribution in [0.15, 0.2) is 53.6 Å². The van der Waals surface area contributed by atoms with Gasteiger partial charge in [0, 0.05) is 0 Å². The molecule has 0 aliphatic heterocycles. The molecule has 0 heteroatoms. The van der Waals surface area contributed by atoms with E-state index < -0.39 is 0 Å². The molecule has 18 heavy (non-hydrogen) atoms. The Morgan fingerprint density at radius 3 is 2.39 bits per heavy atom. The molecule has 0 bridgehead atoms. The maximum atomic E-state index is 4.19. The van der Waals surface area contributed by atoms with Gasteiger partial charge in [-0.25, -0.2) is 0 Å². The van der Waals surface area contributed by atoms with Crippen LogP contribution in [-0.2, 0) is 6.42 Å². The molecule has 0 N–H and O–H groups in total. The van der Waals surface area contributed by atoms with Crippen molar-refractivity contribution in [2.24, 2.45) is 0 Å². The smallest absolute Gasteiger partial charge is 0.00289 e. The summed E-state index contributed by atoms with van der Waals surface area (Å²) in [7, 11) is 0. The Labute approximate surface area is 112 Å². The summed E-state index contributed by atoms with van der Waals surface area (Å²) < 4.78 is 0. The van der Waals surface area contributed by atoms with Gasteiger partial charge >= 0.3 is 0 Å². The van der Waals surface area contributed by atoms with Crippen molar-refractivity contribution in [3.05, 3.63) is 70.3 Å². The summed E-state index contributed by atoms with van der Waals surface area (Å²) >= 11 is 0. The second-order valence-corrected chi connectivity index (χ2v) is 5.06. The van der Waals surface area contributed by atoms with E-state index in [1.54, 1.807) is 0 Å². The van der Waals surface area contributed by atoms with E-state index in [0.29, 0.717) is 0 Å². The van der Waals surface area contributed by atoms with Gasteiger partial charge in [-0.1, -0.05) is 42.5 Å². The SMILES string of the molecule is C=C(Cc1ccc(C)c(C)c1)/C(C)=C/C(C)=C\C. The molecular formula is C18H24. The van der Waals surface area contributed by atoms with Crippen molar-refractivity contribution in [2.75, 3.05) is 0 Å². The van der Waals surface area contributed by atoms with Gasteiger partial charge in [0.2, 0.25) is 0 Å². The molecule has 0 nitrogen and oxygen atoms in total. The lowest BCUT2D eigenvalue weighted by molar-refractivity contribution is 1.13. The maximum Gasteiger partial charge on any atom is -0.00289 e. The van der Waals surface area contributed by atoms with Crippen molar-refractivity contribution >= 4 is 0 Å². The fourth-order valence-corrected chi connectivity index (χ4v) is 1.83. The highest BCUT2D eigenvalue weighted by molar-refractivity contribution is 5.39. The summed E-state index contributed by atoms with van der Waals surface area (Å²) in [6, 6.07) is 6.65. The molecular weight excluding hydrogens is 216 g/mol. The molecule has 0 atom stereocenters. The van der Waals surface area contributed by atoms with Gasteiger partial charge < -0.3 is 0 Å². The molecule has 0 saturated carbocycles. The number of hydrogen-bond acceptors (Lipinski definition) is 0. The number of rotatable bonds is 4. The van der Waals surface area contributed by atoms with Gasteiger partial charge in [-0.15, -0.1) is 0 Å². The van der Waals surface area contributed by atoms with Crippen molar-refractivity contribution in [1.29, 1.82) is 0 Å². The third-order valence-electron chi connectivity index (χ3n) is 3.45. The van der Waals surface area contributed by atoms with E-state index in [2.05, 4.69) is 71.5 Å². The predicted octanol–water partition coefficient (Wildman–Crippen LogP) is 5.31. The van der Waals surface area contributed by atoms with Crippen LogP contribution in [0.5, 0.6) is 0 Å². The Hall–Kier alpha value is -1.56. The Balaban J connectivity index is 2.82. The van der Waals surface area contributed by atoms with Crippen molar-refractivity contribution in [3.8, 4) is 0 Å². The Kier molecular flexibility index (Phi) is 5.15. The Morgan fingerprint density at radius 1 is 1.17 bits per heavy atom. The predicted molar refractivity (Wildman–Crippen MR) is 81.9 cm³/mol. The van der Waals surface area contributed by atoms with Gasteiger partial charge in [0.05, 0.1) is 0 Å². The Morgan fingerprint density at radius 2 is 1.83 bits per heavy atom. The van der Waals surface area contributed by atoms with Gasteiger partial charge in [0.15, 0.2) is 0 Å². The standard InChI is InChI=1S/C18H24/c1-7-13(2)10-15(4)17(6)12-18-9-8-14(3)16(5)11-18/h7-11H,6,12H2,1-5H3/b13-7-,15-10+. The maximum absolute atomic E-state index is 4.19. The first-order chi connectivity index (χ1) is 8.43. The monoisotopic (exact) mass is 240 g/mol. The molecule has 1 rings (SSSR count). The molecule has 0 aliphatic carbocycles. The van der Waals surface area contributed by atoms with E-state index in [1.165, 1.54) is 33.4 Å². The first-order valence-corrected chi connectivity index (χ1v) is 6.49. The molecule has 0 amide bonds. The minimum absolute atomic E-state index is 0.931. The third-order valence-corrected chi connectivity index (χ3v) is 3.45. The fourth-order valence-electron chi connectivity index (χ4n) is 1.83. The van der Waals surface area contributed by atoms with Crippen molar-refractivity contribution < 1.29 is 0 Å². The van der Waals surface area contributed by atoms with Crippen LogP contribution in [0.3, 0.4) is 0 Å². The highest BCUT2D eigenvalue weighted by Crippen LogP contribution is 2.18. The van der Waals surface area contributed by atoms with Crippen LogP contribution < -0.4 is 0 Å². The van der Waals surface area contributed by atoms with Gasteiger partial charge in [0.1, 0.15) is 0 Å². The molecule has 1 aromatic rings.